The molecule has 0 aliphatic carbocycles. The lowest BCUT2D eigenvalue weighted by Gasteiger charge is -2.62. The van der Waals surface area contributed by atoms with Crippen LogP contribution in [-0.4, -0.2) is 85.0 Å². The molecule has 0 bridgehead atoms. The first-order valence-electron chi connectivity index (χ1n) is 9.60. The van der Waals surface area contributed by atoms with E-state index in [1.165, 1.54) is 19.4 Å². The number of hydrogen-bond donors (Lipinski definition) is 1. The standard InChI is InChI=1S/C19H37N5O/c1-8-23-11-9-10-15(23)12-20-17(21-13-16(25)22(6)7)24-14-18(2,3)19(24,4)5/h15H,8-14H2,1-7H3,(H,20,21). The van der Waals surface area contributed by atoms with Crippen LogP contribution >= 0.6 is 0 Å². The molecule has 0 saturated carbocycles. The predicted molar refractivity (Wildman–Crippen MR) is 104 cm³/mol. The van der Waals surface area contributed by atoms with Gasteiger partial charge in [0.05, 0.1) is 0 Å². The minimum absolute atomic E-state index is 0.0279. The SMILES string of the molecule is CCN1CCCC1CNC(=NCC(=O)N(C)C)N1CC(C)(C)C1(C)C. The summed E-state index contributed by atoms with van der Waals surface area (Å²) in [5.41, 5.74) is 0.268. The molecule has 1 N–H and O–H groups in total. The van der Waals surface area contributed by atoms with Gasteiger partial charge in [-0.1, -0.05) is 20.8 Å². The summed E-state index contributed by atoms with van der Waals surface area (Å²) in [4.78, 5) is 23.1. The van der Waals surface area contributed by atoms with Gasteiger partial charge in [-0.25, -0.2) is 4.99 Å². The summed E-state index contributed by atoms with van der Waals surface area (Å²) in [5, 5.41) is 3.58. The Balaban J connectivity index is 2.07. The van der Waals surface area contributed by atoms with Crippen molar-refractivity contribution in [2.75, 3.05) is 46.8 Å². The van der Waals surface area contributed by atoms with Crippen molar-refractivity contribution in [3.05, 3.63) is 0 Å². The minimum Gasteiger partial charge on any atom is -0.355 e. The van der Waals surface area contributed by atoms with Crippen LogP contribution in [0, 0.1) is 5.41 Å². The van der Waals surface area contributed by atoms with Crippen molar-refractivity contribution >= 4 is 11.9 Å². The summed E-state index contributed by atoms with van der Waals surface area (Å²) in [7, 11) is 3.55. The lowest BCUT2D eigenvalue weighted by molar-refractivity contribution is -0.127. The van der Waals surface area contributed by atoms with E-state index in [0.717, 1.165) is 25.6 Å². The zero-order valence-electron chi connectivity index (χ0n) is 17.2. The Morgan fingerprint density at radius 1 is 1.28 bits per heavy atom. The van der Waals surface area contributed by atoms with Crippen LogP contribution in [0.4, 0.5) is 0 Å². The van der Waals surface area contributed by atoms with Crippen molar-refractivity contribution in [1.82, 2.24) is 20.0 Å². The molecule has 2 aliphatic rings. The third-order valence-corrected chi connectivity index (χ3v) is 6.40. The fraction of sp³-hybridized carbons (Fsp3) is 0.895. The van der Waals surface area contributed by atoms with Gasteiger partial charge in [0.15, 0.2) is 5.96 Å². The molecule has 1 amide bonds. The third kappa shape index (κ3) is 4.10. The molecule has 0 spiro atoms. The minimum atomic E-state index is 0.0279. The summed E-state index contributed by atoms with van der Waals surface area (Å²) in [6.45, 7) is 15.7. The van der Waals surface area contributed by atoms with Crippen LogP contribution in [0.25, 0.3) is 0 Å². The zero-order chi connectivity index (χ0) is 18.8. The zero-order valence-corrected chi connectivity index (χ0v) is 17.2. The lowest BCUT2D eigenvalue weighted by atomic mass is 9.65. The number of amides is 1. The van der Waals surface area contributed by atoms with Crippen LogP contribution in [0.1, 0.15) is 47.5 Å². The molecule has 2 heterocycles. The Morgan fingerprint density at radius 3 is 2.48 bits per heavy atom. The van der Waals surface area contributed by atoms with Gasteiger partial charge in [0.1, 0.15) is 6.54 Å². The predicted octanol–water partition coefficient (Wildman–Crippen LogP) is 1.62. The van der Waals surface area contributed by atoms with Gasteiger partial charge in [-0.05, 0) is 39.8 Å². The van der Waals surface area contributed by atoms with Crippen molar-refractivity contribution in [1.29, 1.82) is 0 Å². The highest BCUT2D eigenvalue weighted by atomic mass is 16.2. The van der Waals surface area contributed by atoms with Crippen LogP contribution in [0.15, 0.2) is 4.99 Å². The van der Waals surface area contributed by atoms with Gasteiger partial charge in [-0.2, -0.15) is 0 Å². The van der Waals surface area contributed by atoms with Gasteiger partial charge in [0.25, 0.3) is 0 Å². The summed E-state index contributed by atoms with van der Waals surface area (Å²) < 4.78 is 0. The topological polar surface area (TPSA) is 51.2 Å². The third-order valence-electron chi connectivity index (χ3n) is 6.40. The van der Waals surface area contributed by atoms with Crippen molar-refractivity contribution in [3.8, 4) is 0 Å². The second-order valence-electron chi connectivity index (χ2n) is 8.76. The van der Waals surface area contributed by atoms with Crippen LogP contribution in [-0.2, 0) is 4.79 Å². The second-order valence-corrected chi connectivity index (χ2v) is 8.76. The maximum atomic E-state index is 12.0. The number of carbonyl (C=O) groups is 1. The second kappa shape index (κ2) is 7.52. The smallest absolute Gasteiger partial charge is 0.243 e. The van der Waals surface area contributed by atoms with E-state index in [1.807, 2.05) is 0 Å². The maximum Gasteiger partial charge on any atom is 0.243 e. The van der Waals surface area contributed by atoms with E-state index in [9.17, 15) is 4.79 Å². The Kier molecular flexibility index (Phi) is 6.02. The fourth-order valence-electron chi connectivity index (χ4n) is 3.67. The molecule has 1 unspecified atom stereocenters. The molecule has 2 rings (SSSR count). The van der Waals surface area contributed by atoms with E-state index in [0.29, 0.717) is 6.04 Å². The molecular weight excluding hydrogens is 314 g/mol. The molecule has 2 fully saturated rings. The van der Waals surface area contributed by atoms with Crippen LogP contribution in [0.3, 0.4) is 0 Å². The van der Waals surface area contributed by atoms with Gasteiger partial charge in [0, 0.05) is 44.2 Å². The Morgan fingerprint density at radius 2 is 1.96 bits per heavy atom. The van der Waals surface area contributed by atoms with Crippen molar-refractivity contribution in [2.45, 2.75) is 59.0 Å². The first kappa shape index (κ1) is 20.0. The monoisotopic (exact) mass is 351 g/mol. The average molecular weight is 352 g/mol. The highest BCUT2D eigenvalue weighted by Crippen LogP contribution is 2.46. The lowest BCUT2D eigenvalue weighted by Crippen LogP contribution is -2.72. The summed E-state index contributed by atoms with van der Waals surface area (Å²) in [6.07, 6.45) is 2.51. The van der Waals surface area contributed by atoms with Gasteiger partial charge < -0.3 is 15.1 Å². The Hall–Kier alpha value is -1.30. The number of rotatable bonds is 5. The molecule has 6 nitrogen and oxygen atoms in total. The molecule has 0 radical (unpaired) electrons. The fourth-order valence-corrected chi connectivity index (χ4v) is 3.67. The summed E-state index contributed by atoms with van der Waals surface area (Å²) in [6, 6.07) is 0.567. The first-order chi connectivity index (χ1) is 11.6. The molecule has 2 saturated heterocycles. The van der Waals surface area contributed by atoms with Crippen LogP contribution in [0.2, 0.25) is 0 Å². The molecule has 0 aromatic heterocycles. The Bertz CT molecular complexity index is 512. The van der Waals surface area contributed by atoms with Gasteiger partial charge in [0.2, 0.25) is 5.91 Å². The maximum absolute atomic E-state index is 12.0. The number of likely N-dealkylation sites (tertiary alicyclic amines) is 2. The quantitative estimate of drug-likeness (QED) is 0.604. The molecule has 25 heavy (non-hydrogen) atoms. The summed E-state index contributed by atoms with van der Waals surface area (Å²) in [5.74, 6) is 0.912. The van der Waals surface area contributed by atoms with E-state index < -0.39 is 0 Å². The summed E-state index contributed by atoms with van der Waals surface area (Å²) >= 11 is 0. The number of nitrogens with one attached hydrogen (secondary N) is 1. The largest absolute Gasteiger partial charge is 0.355 e. The van der Waals surface area contributed by atoms with Gasteiger partial charge in [-0.3, -0.25) is 9.69 Å². The van der Waals surface area contributed by atoms with E-state index in [4.69, 9.17) is 0 Å². The van der Waals surface area contributed by atoms with Crippen molar-refractivity contribution in [3.63, 3.8) is 0 Å². The van der Waals surface area contributed by atoms with E-state index in [2.05, 4.69) is 54.7 Å². The molecule has 2 aliphatic heterocycles. The van der Waals surface area contributed by atoms with E-state index >= 15 is 0 Å². The number of guanidine groups is 1. The normalized spacial score (nSPS) is 25.6. The van der Waals surface area contributed by atoms with E-state index in [-0.39, 0.29) is 23.4 Å². The molecule has 6 heteroatoms. The van der Waals surface area contributed by atoms with Gasteiger partial charge >= 0.3 is 0 Å². The number of likely N-dealkylation sites (N-methyl/N-ethyl adjacent to an activating group) is 2. The van der Waals surface area contributed by atoms with Crippen molar-refractivity contribution < 1.29 is 4.79 Å². The molecule has 1 atom stereocenters. The molecule has 144 valence electrons. The molecule has 0 aromatic carbocycles. The number of aliphatic imine (C=N–C) groups is 1. The van der Waals surface area contributed by atoms with Gasteiger partial charge in [-0.15, -0.1) is 0 Å². The highest BCUT2D eigenvalue weighted by Gasteiger charge is 2.53. The highest BCUT2D eigenvalue weighted by molar-refractivity contribution is 5.86. The van der Waals surface area contributed by atoms with E-state index in [1.54, 1.807) is 19.0 Å². The molecule has 0 aromatic rings. The van der Waals surface area contributed by atoms with Crippen molar-refractivity contribution in [2.24, 2.45) is 10.4 Å². The Labute approximate surface area is 153 Å². The first-order valence-corrected chi connectivity index (χ1v) is 9.60. The number of nitrogens with zero attached hydrogens (tertiary/aromatic N) is 4. The average Bonchev–Trinajstić information content (AvgIpc) is 3.00. The van der Waals surface area contributed by atoms with Crippen LogP contribution < -0.4 is 5.32 Å². The number of hydrogen-bond acceptors (Lipinski definition) is 3. The molecular formula is C19H37N5O. The number of carbonyl (C=O) groups excluding carboxylic acids is 1. The van der Waals surface area contributed by atoms with Crippen LogP contribution in [0.5, 0.6) is 0 Å².